The number of hydrogen-bond acceptors (Lipinski definition) is 2. The monoisotopic (exact) mass is 384 g/mol. The zero-order chi connectivity index (χ0) is 15.0. The van der Waals surface area contributed by atoms with Crippen LogP contribution in [-0.2, 0) is 17.8 Å². The molecular formula is C15H11BrCl2N2O. The second-order valence-corrected chi connectivity index (χ2v) is 6.53. The summed E-state index contributed by atoms with van der Waals surface area (Å²) in [5, 5.41) is 7.30. The van der Waals surface area contributed by atoms with Gasteiger partial charge in [0.05, 0.1) is 17.1 Å². The number of nitrogens with one attached hydrogen (secondary N) is 2. The molecule has 0 radical (unpaired) electrons. The molecule has 1 amide bonds. The van der Waals surface area contributed by atoms with E-state index in [-0.39, 0.29) is 5.91 Å². The van der Waals surface area contributed by atoms with Crippen molar-refractivity contribution in [3.05, 3.63) is 56.0 Å². The number of hydrogen-bond donors (Lipinski definition) is 2. The number of benzene rings is 2. The summed E-state index contributed by atoms with van der Waals surface area (Å²) in [4.78, 5) is 11.4. The summed E-state index contributed by atoms with van der Waals surface area (Å²) in [6.07, 6.45) is 0.389. The summed E-state index contributed by atoms with van der Waals surface area (Å²) in [6.45, 7) is 0.562. The Balaban J connectivity index is 1.79. The average Bonchev–Trinajstić information content (AvgIpc) is 2.76. The summed E-state index contributed by atoms with van der Waals surface area (Å²) in [7, 11) is 0. The van der Waals surface area contributed by atoms with Gasteiger partial charge in [0.25, 0.3) is 0 Å². The number of rotatable bonds is 3. The lowest BCUT2D eigenvalue weighted by atomic mass is 10.1. The van der Waals surface area contributed by atoms with E-state index in [9.17, 15) is 4.79 Å². The molecule has 0 bridgehead atoms. The lowest BCUT2D eigenvalue weighted by molar-refractivity contribution is -0.115. The normalized spacial score (nSPS) is 13.0. The third-order valence-corrected chi connectivity index (χ3v) is 4.46. The first kappa shape index (κ1) is 14.7. The van der Waals surface area contributed by atoms with Crippen molar-refractivity contribution in [3.8, 4) is 0 Å². The third kappa shape index (κ3) is 3.18. The van der Waals surface area contributed by atoms with Crippen LogP contribution in [0.3, 0.4) is 0 Å². The Labute approximate surface area is 140 Å². The maximum Gasteiger partial charge on any atom is 0.228 e. The molecule has 3 rings (SSSR count). The third-order valence-electron chi connectivity index (χ3n) is 3.30. The van der Waals surface area contributed by atoms with E-state index in [0.717, 1.165) is 27.0 Å². The van der Waals surface area contributed by atoms with Gasteiger partial charge in [-0.05, 0) is 35.4 Å². The molecule has 1 aliphatic rings. The smallest absolute Gasteiger partial charge is 0.228 e. The molecule has 1 aliphatic heterocycles. The highest BCUT2D eigenvalue weighted by atomic mass is 79.9. The van der Waals surface area contributed by atoms with Gasteiger partial charge in [-0.15, -0.1) is 0 Å². The SMILES string of the molecule is O=C1Cc2cc(NCc3ccc(Br)cc3Cl)c(Cl)cc2N1. The van der Waals surface area contributed by atoms with Gasteiger partial charge in [0.2, 0.25) is 5.91 Å². The molecule has 2 aromatic carbocycles. The largest absolute Gasteiger partial charge is 0.380 e. The van der Waals surface area contributed by atoms with E-state index < -0.39 is 0 Å². The van der Waals surface area contributed by atoms with Gasteiger partial charge >= 0.3 is 0 Å². The second-order valence-electron chi connectivity index (χ2n) is 4.80. The van der Waals surface area contributed by atoms with E-state index in [1.807, 2.05) is 24.3 Å². The molecule has 0 unspecified atom stereocenters. The van der Waals surface area contributed by atoms with E-state index in [1.165, 1.54) is 0 Å². The number of amides is 1. The van der Waals surface area contributed by atoms with Gasteiger partial charge in [-0.25, -0.2) is 0 Å². The molecule has 0 saturated heterocycles. The Morgan fingerprint density at radius 3 is 2.76 bits per heavy atom. The molecule has 0 saturated carbocycles. The molecule has 2 aromatic rings. The van der Waals surface area contributed by atoms with Crippen molar-refractivity contribution in [3.63, 3.8) is 0 Å². The number of carbonyl (C=O) groups is 1. The lowest BCUT2D eigenvalue weighted by Gasteiger charge is -2.11. The molecule has 1 heterocycles. The maximum absolute atomic E-state index is 11.4. The maximum atomic E-state index is 11.4. The topological polar surface area (TPSA) is 41.1 Å². The zero-order valence-corrected chi connectivity index (χ0v) is 13.9. The van der Waals surface area contributed by atoms with Gasteiger partial charge in [0, 0.05) is 21.7 Å². The molecule has 0 spiro atoms. The molecule has 0 atom stereocenters. The predicted molar refractivity (Wildman–Crippen MR) is 90.3 cm³/mol. The minimum absolute atomic E-state index is 0.00540. The molecule has 21 heavy (non-hydrogen) atoms. The fourth-order valence-electron chi connectivity index (χ4n) is 2.24. The molecule has 0 fully saturated rings. The second kappa shape index (κ2) is 5.87. The van der Waals surface area contributed by atoms with Crippen LogP contribution < -0.4 is 10.6 Å². The Bertz CT molecular complexity index is 734. The number of fused-ring (bicyclic) bond motifs is 1. The van der Waals surface area contributed by atoms with Crippen molar-refractivity contribution in [1.29, 1.82) is 0 Å². The molecule has 3 nitrogen and oxygen atoms in total. The minimum atomic E-state index is -0.00540. The van der Waals surface area contributed by atoms with Crippen molar-refractivity contribution in [2.45, 2.75) is 13.0 Å². The molecule has 0 aliphatic carbocycles. The highest BCUT2D eigenvalue weighted by molar-refractivity contribution is 9.10. The fourth-order valence-corrected chi connectivity index (χ4v) is 3.21. The quantitative estimate of drug-likeness (QED) is 0.791. The molecule has 108 valence electrons. The molecule has 2 N–H and O–H groups in total. The van der Waals surface area contributed by atoms with Crippen LogP contribution in [0.25, 0.3) is 0 Å². The minimum Gasteiger partial charge on any atom is -0.380 e. The van der Waals surface area contributed by atoms with Gasteiger partial charge in [-0.1, -0.05) is 45.2 Å². The van der Waals surface area contributed by atoms with E-state index in [1.54, 1.807) is 6.07 Å². The van der Waals surface area contributed by atoms with E-state index in [2.05, 4.69) is 26.6 Å². The Morgan fingerprint density at radius 2 is 2.00 bits per heavy atom. The Morgan fingerprint density at radius 1 is 1.19 bits per heavy atom. The van der Waals surface area contributed by atoms with Crippen molar-refractivity contribution in [2.75, 3.05) is 10.6 Å². The van der Waals surface area contributed by atoms with Gasteiger partial charge in [0.15, 0.2) is 0 Å². The van der Waals surface area contributed by atoms with Crippen LogP contribution in [-0.4, -0.2) is 5.91 Å². The van der Waals surface area contributed by atoms with Crippen LogP contribution >= 0.6 is 39.1 Å². The van der Waals surface area contributed by atoms with Gasteiger partial charge in [-0.2, -0.15) is 0 Å². The van der Waals surface area contributed by atoms with E-state index >= 15 is 0 Å². The Kier molecular flexibility index (Phi) is 4.11. The van der Waals surface area contributed by atoms with Crippen molar-refractivity contribution in [1.82, 2.24) is 0 Å². The van der Waals surface area contributed by atoms with Crippen LogP contribution in [0.1, 0.15) is 11.1 Å². The first-order chi connectivity index (χ1) is 10.0. The number of carbonyl (C=O) groups excluding carboxylic acids is 1. The van der Waals surface area contributed by atoms with E-state index in [4.69, 9.17) is 23.2 Å². The van der Waals surface area contributed by atoms with Crippen LogP contribution in [0.2, 0.25) is 10.0 Å². The molecule has 6 heteroatoms. The van der Waals surface area contributed by atoms with Crippen molar-refractivity contribution < 1.29 is 4.79 Å². The average molecular weight is 386 g/mol. The summed E-state index contributed by atoms with van der Waals surface area (Å²) >= 11 is 15.8. The summed E-state index contributed by atoms with van der Waals surface area (Å²) in [5.74, 6) is -0.00540. The number of anilines is 2. The Hall–Kier alpha value is -1.23. The van der Waals surface area contributed by atoms with Crippen LogP contribution in [0.5, 0.6) is 0 Å². The molecule has 0 aromatic heterocycles. The standard InChI is InChI=1S/C15H11BrCl2N2O/c16-10-2-1-8(11(17)5-10)7-19-14-3-9-4-15(21)20-13(9)6-12(14)18/h1-3,5-6,19H,4,7H2,(H,20,21). The highest BCUT2D eigenvalue weighted by Crippen LogP contribution is 2.33. The lowest BCUT2D eigenvalue weighted by Crippen LogP contribution is -2.03. The summed E-state index contributed by atoms with van der Waals surface area (Å²) < 4.78 is 0.941. The fraction of sp³-hybridized carbons (Fsp3) is 0.133. The first-order valence-corrected chi connectivity index (χ1v) is 7.88. The first-order valence-electron chi connectivity index (χ1n) is 6.33. The predicted octanol–water partition coefficient (Wildman–Crippen LogP) is 4.86. The van der Waals surface area contributed by atoms with Gasteiger partial charge in [0.1, 0.15) is 0 Å². The van der Waals surface area contributed by atoms with Crippen LogP contribution in [0, 0.1) is 0 Å². The molecular weight excluding hydrogens is 375 g/mol. The summed E-state index contributed by atoms with van der Waals surface area (Å²) in [5.41, 5.74) is 3.52. The van der Waals surface area contributed by atoms with Crippen molar-refractivity contribution in [2.24, 2.45) is 0 Å². The van der Waals surface area contributed by atoms with Crippen LogP contribution in [0.4, 0.5) is 11.4 Å². The van der Waals surface area contributed by atoms with Crippen molar-refractivity contribution >= 4 is 56.4 Å². The van der Waals surface area contributed by atoms with Crippen LogP contribution in [0.15, 0.2) is 34.8 Å². The number of halogens is 3. The summed E-state index contributed by atoms with van der Waals surface area (Å²) in [6, 6.07) is 9.42. The van der Waals surface area contributed by atoms with Gasteiger partial charge < -0.3 is 10.6 Å². The van der Waals surface area contributed by atoms with Gasteiger partial charge in [-0.3, -0.25) is 4.79 Å². The zero-order valence-electron chi connectivity index (χ0n) is 10.8. The van der Waals surface area contributed by atoms with E-state index in [0.29, 0.717) is 23.0 Å². The highest BCUT2D eigenvalue weighted by Gasteiger charge is 2.19.